The third kappa shape index (κ3) is 6.33. The van der Waals surface area contributed by atoms with E-state index >= 15 is 0 Å². The van der Waals surface area contributed by atoms with Crippen LogP contribution in [0.15, 0.2) is 79.0 Å². The molecule has 2 N–H and O–H groups in total. The van der Waals surface area contributed by atoms with Crippen LogP contribution in [0, 0.1) is 12.8 Å². The smallest absolute Gasteiger partial charge is 0.324 e. The van der Waals surface area contributed by atoms with E-state index in [1.807, 2.05) is 67.6 Å². The van der Waals surface area contributed by atoms with Crippen LogP contribution in [0.2, 0.25) is 0 Å². The molecular weight excluding hydrogens is 536 g/mol. The summed E-state index contributed by atoms with van der Waals surface area (Å²) in [4.78, 5) is 32.6. The van der Waals surface area contributed by atoms with Crippen molar-refractivity contribution in [1.82, 2.24) is 19.7 Å². The van der Waals surface area contributed by atoms with Gasteiger partial charge < -0.3 is 10.2 Å². The predicted molar refractivity (Wildman–Crippen MR) is 170 cm³/mol. The first-order chi connectivity index (χ1) is 20.6. The second-order valence-corrected chi connectivity index (χ2v) is 13.0. The van der Waals surface area contributed by atoms with Gasteiger partial charge in [-0.2, -0.15) is 5.10 Å². The summed E-state index contributed by atoms with van der Waals surface area (Å²) >= 11 is 0. The normalized spacial score (nSPS) is 19.7. The number of amides is 3. The van der Waals surface area contributed by atoms with Gasteiger partial charge in [0.1, 0.15) is 11.5 Å². The molecule has 2 aromatic heterocycles. The van der Waals surface area contributed by atoms with Crippen molar-refractivity contribution in [3.05, 3.63) is 102 Å². The fraction of sp³-hybridized carbons (Fsp3) is 0.371. The van der Waals surface area contributed by atoms with Gasteiger partial charge in [-0.1, -0.05) is 56.7 Å². The number of aromatic nitrogens is 3. The molecule has 2 fully saturated rings. The Morgan fingerprint density at radius 2 is 1.60 bits per heavy atom. The summed E-state index contributed by atoms with van der Waals surface area (Å²) in [5.74, 6) is 1.22. The summed E-state index contributed by atoms with van der Waals surface area (Å²) in [5.41, 5.74) is 5.30. The number of piperidine rings is 1. The Kier molecular flexibility index (Phi) is 7.77. The second-order valence-electron chi connectivity index (χ2n) is 13.0. The number of anilines is 2. The van der Waals surface area contributed by atoms with Crippen molar-refractivity contribution in [1.29, 1.82) is 0 Å². The van der Waals surface area contributed by atoms with Gasteiger partial charge in [-0.05, 0) is 86.9 Å². The number of carbonyl (C=O) groups excluding carboxylic acids is 2. The summed E-state index contributed by atoms with van der Waals surface area (Å²) in [5, 5.41) is 10.8. The van der Waals surface area contributed by atoms with E-state index in [-0.39, 0.29) is 29.4 Å². The van der Waals surface area contributed by atoms with Gasteiger partial charge in [0.05, 0.1) is 11.4 Å². The standard InChI is InChI=1S/C35H40N6O2/c1-23-8-14-27(15-9-23)41-32(22-31(39-41)35(2,3)4)38-34(43)37-26-12-10-24(11-13-26)19-25-20-28-16-17-29(21-25)40(28)33(42)30-7-5-6-18-36-30/h5-15,18,22,25,28-29H,16-17,19-21H2,1-4H3,(H2,37,38,43). The molecule has 4 heterocycles. The highest BCUT2D eigenvalue weighted by atomic mass is 16.2. The van der Waals surface area contributed by atoms with Gasteiger partial charge >= 0.3 is 6.03 Å². The number of hydrogen-bond acceptors (Lipinski definition) is 4. The molecule has 6 rings (SSSR count). The zero-order valence-electron chi connectivity index (χ0n) is 25.4. The number of fused-ring (bicyclic) bond motifs is 2. The molecule has 4 aromatic rings. The lowest BCUT2D eigenvalue weighted by atomic mass is 9.85. The average molecular weight is 577 g/mol. The molecule has 8 heteroatoms. The SMILES string of the molecule is Cc1ccc(-n2nc(C(C)(C)C)cc2NC(=O)Nc2ccc(CC3CC4CCC(C3)N4C(=O)c3ccccn3)cc2)cc1. The Labute approximate surface area is 253 Å². The largest absolute Gasteiger partial charge is 0.331 e. The molecule has 222 valence electrons. The second kappa shape index (κ2) is 11.7. The lowest BCUT2D eigenvalue weighted by molar-refractivity contribution is 0.0518. The van der Waals surface area contributed by atoms with Crippen LogP contribution in [0.5, 0.6) is 0 Å². The highest BCUT2D eigenvalue weighted by Crippen LogP contribution is 2.40. The van der Waals surface area contributed by atoms with Crippen molar-refractivity contribution >= 4 is 23.4 Å². The summed E-state index contributed by atoms with van der Waals surface area (Å²) in [6, 6.07) is 23.9. The first-order valence-corrected chi connectivity index (χ1v) is 15.2. The number of benzene rings is 2. The molecular formula is C35H40N6O2. The highest BCUT2D eigenvalue weighted by Gasteiger charge is 2.43. The van der Waals surface area contributed by atoms with Crippen molar-refractivity contribution in [2.24, 2.45) is 5.92 Å². The maximum absolute atomic E-state index is 13.1. The van der Waals surface area contributed by atoms with Crippen LogP contribution in [0.25, 0.3) is 5.69 Å². The third-order valence-electron chi connectivity index (χ3n) is 8.68. The van der Waals surface area contributed by atoms with Gasteiger partial charge in [0.25, 0.3) is 5.91 Å². The minimum Gasteiger partial charge on any atom is -0.331 e. The Morgan fingerprint density at radius 1 is 0.907 bits per heavy atom. The van der Waals surface area contributed by atoms with E-state index in [0.29, 0.717) is 17.4 Å². The molecule has 0 radical (unpaired) electrons. The molecule has 43 heavy (non-hydrogen) atoms. The summed E-state index contributed by atoms with van der Waals surface area (Å²) < 4.78 is 1.78. The van der Waals surface area contributed by atoms with E-state index < -0.39 is 0 Å². The number of carbonyl (C=O) groups is 2. The topological polar surface area (TPSA) is 92.2 Å². The predicted octanol–water partition coefficient (Wildman–Crippen LogP) is 7.14. The summed E-state index contributed by atoms with van der Waals surface area (Å²) in [6.45, 7) is 8.37. The first-order valence-electron chi connectivity index (χ1n) is 15.2. The van der Waals surface area contributed by atoms with Crippen molar-refractivity contribution in [2.45, 2.75) is 77.3 Å². The van der Waals surface area contributed by atoms with Crippen LogP contribution in [-0.2, 0) is 11.8 Å². The zero-order valence-corrected chi connectivity index (χ0v) is 25.4. The molecule has 8 nitrogen and oxygen atoms in total. The first kappa shape index (κ1) is 28.6. The van der Waals surface area contributed by atoms with Gasteiger partial charge in [0.15, 0.2) is 0 Å². The quantitative estimate of drug-likeness (QED) is 0.255. The third-order valence-corrected chi connectivity index (χ3v) is 8.68. The van der Waals surface area contributed by atoms with Crippen LogP contribution in [-0.4, -0.2) is 43.7 Å². The number of hydrogen-bond donors (Lipinski definition) is 2. The average Bonchev–Trinajstić information content (AvgIpc) is 3.53. The maximum atomic E-state index is 13.1. The summed E-state index contributed by atoms with van der Waals surface area (Å²) in [7, 11) is 0. The van der Waals surface area contributed by atoms with Gasteiger partial charge in [-0.3, -0.25) is 15.1 Å². The van der Waals surface area contributed by atoms with Gasteiger partial charge in [-0.25, -0.2) is 9.48 Å². The molecule has 0 aliphatic carbocycles. The van der Waals surface area contributed by atoms with Gasteiger partial charge in [0, 0.05) is 35.4 Å². The molecule has 2 aliphatic heterocycles. The molecule has 0 spiro atoms. The molecule has 3 amide bonds. The van der Waals surface area contributed by atoms with Crippen LogP contribution in [0.1, 0.15) is 73.8 Å². The van der Waals surface area contributed by atoms with Gasteiger partial charge in [-0.15, -0.1) is 0 Å². The Hall–Kier alpha value is -4.46. The Balaban J connectivity index is 1.07. The van der Waals surface area contributed by atoms with Crippen molar-refractivity contribution in [3.63, 3.8) is 0 Å². The van der Waals surface area contributed by atoms with E-state index in [2.05, 4.69) is 53.4 Å². The molecule has 2 aromatic carbocycles. The van der Waals surface area contributed by atoms with Crippen molar-refractivity contribution < 1.29 is 9.59 Å². The number of urea groups is 1. The number of pyridine rings is 1. The molecule has 0 saturated carbocycles. The fourth-order valence-electron chi connectivity index (χ4n) is 6.47. The van der Waals surface area contributed by atoms with Crippen LogP contribution in [0.3, 0.4) is 0 Å². The molecule has 2 bridgehead atoms. The van der Waals surface area contributed by atoms with E-state index in [1.165, 1.54) is 5.56 Å². The number of nitrogens with one attached hydrogen (secondary N) is 2. The van der Waals surface area contributed by atoms with Gasteiger partial charge in [0.2, 0.25) is 0 Å². The lowest BCUT2D eigenvalue weighted by Gasteiger charge is -2.39. The molecule has 2 atom stereocenters. The minimum atomic E-state index is -0.317. The molecule has 2 unspecified atom stereocenters. The number of rotatable bonds is 6. The minimum absolute atomic E-state index is 0.0665. The summed E-state index contributed by atoms with van der Waals surface area (Å²) in [6.07, 6.45) is 6.82. The number of aryl methyl sites for hydroxylation is 1. The van der Waals surface area contributed by atoms with Crippen molar-refractivity contribution in [2.75, 3.05) is 10.6 Å². The van der Waals surface area contributed by atoms with Crippen LogP contribution >= 0.6 is 0 Å². The molecule has 2 aliphatic rings. The highest BCUT2D eigenvalue weighted by molar-refractivity contribution is 5.99. The van der Waals surface area contributed by atoms with Crippen LogP contribution < -0.4 is 10.6 Å². The zero-order chi connectivity index (χ0) is 30.1. The van der Waals surface area contributed by atoms with Crippen molar-refractivity contribution in [3.8, 4) is 5.69 Å². The number of nitrogens with zero attached hydrogens (tertiary/aromatic N) is 4. The lowest BCUT2D eigenvalue weighted by Crippen LogP contribution is -2.47. The van der Waals surface area contributed by atoms with Crippen LogP contribution in [0.4, 0.5) is 16.3 Å². The molecule has 2 saturated heterocycles. The monoisotopic (exact) mass is 576 g/mol. The Morgan fingerprint density at radius 3 is 2.23 bits per heavy atom. The fourth-order valence-corrected chi connectivity index (χ4v) is 6.47. The Bertz CT molecular complexity index is 1570. The van der Waals surface area contributed by atoms with E-state index in [4.69, 9.17) is 5.10 Å². The van der Waals surface area contributed by atoms with E-state index in [1.54, 1.807) is 10.9 Å². The van der Waals surface area contributed by atoms with E-state index in [0.717, 1.165) is 54.7 Å². The maximum Gasteiger partial charge on any atom is 0.324 e. The van der Waals surface area contributed by atoms with E-state index in [9.17, 15) is 9.59 Å².